The Hall–Kier alpha value is -2.42. The van der Waals surface area contributed by atoms with Gasteiger partial charge in [-0.05, 0) is 65.4 Å². The SMILES string of the molecule is CC(=O)Nc1cc(NC(=O)c2ccc3c(c2)c(I)nn3C)ccc1C. The highest BCUT2D eigenvalue weighted by Gasteiger charge is 2.12. The lowest BCUT2D eigenvalue weighted by Gasteiger charge is -2.10. The molecule has 0 bridgehead atoms. The number of nitrogens with zero attached hydrogens (tertiary/aromatic N) is 2. The molecule has 1 aromatic heterocycles. The molecule has 128 valence electrons. The van der Waals surface area contributed by atoms with Crippen molar-refractivity contribution in [3.05, 3.63) is 51.2 Å². The molecule has 6 nitrogen and oxygen atoms in total. The summed E-state index contributed by atoms with van der Waals surface area (Å²) in [7, 11) is 1.88. The van der Waals surface area contributed by atoms with Crippen LogP contribution in [0.25, 0.3) is 10.9 Å². The second-order valence-electron chi connectivity index (χ2n) is 5.81. The number of fused-ring (bicyclic) bond motifs is 1. The van der Waals surface area contributed by atoms with E-state index in [-0.39, 0.29) is 11.8 Å². The van der Waals surface area contributed by atoms with Crippen LogP contribution in [0.15, 0.2) is 36.4 Å². The number of aromatic nitrogens is 2. The van der Waals surface area contributed by atoms with Crippen LogP contribution in [-0.2, 0) is 11.8 Å². The molecule has 25 heavy (non-hydrogen) atoms. The van der Waals surface area contributed by atoms with Crippen molar-refractivity contribution in [3.8, 4) is 0 Å². The Balaban J connectivity index is 1.87. The number of hydrogen-bond acceptors (Lipinski definition) is 3. The first kappa shape index (κ1) is 17.4. The number of aryl methyl sites for hydroxylation is 2. The lowest BCUT2D eigenvalue weighted by molar-refractivity contribution is -0.114. The van der Waals surface area contributed by atoms with Crippen molar-refractivity contribution in [2.45, 2.75) is 13.8 Å². The highest BCUT2D eigenvalue weighted by atomic mass is 127. The first-order valence-corrected chi connectivity index (χ1v) is 8.75. The van der Waals surface area contributed by atoms with E-state index in [1.807, 2.05) is 38.2 Å². The standard InChI is InChI=1S/C18H17IN4O2/c1-10-4-6-13(9-15(10)20-11(2)24)21-18(25)12-5-7-16-14(8-12)17(19)22-23(16)3/h4-9H,1-3H3,(H,20,24)(H,21,25). The molecular weight excluding hydrogens is 431 g/mol. The molecule has 1 heterocycles. The second-order valence-corrected chi connectivity index (χ2v) is 6.83. The number of halogens is 1. The van der Waals surface area contributed by atoms with Crippen LogP contribution in [0.2, 0.25) is 0 Å². The van der Waals surface area contributed by atoms with Crippen LogP contribution in [0.4, 0.5) is 11.4 Å². The van der Waals surface area contributed by atoms with E-state index in [4.69, 9.17) is 0 Å². The number of benzene rings is 2. The van der Waals surface area contributed by atoms with Gasteiger partial charge >= 0.3 is 0 Å². The fourth-order valence-electron chi connectivity index (χ4n) is 2.59. The summed E-state index contributed by atoms with van der Waals surface area (Å²) in [6, 6.07) is 10.9. The number of hydrogen-bond donors (Lipinski definition) is 2. The van der Waals surface area contributed by atoms with Crippen LogP contribution in [0.1, 0.15) is 22.8 Å². The molecule has 2 amide bonds. The summed E-state index contributed by atoms with van der Waals surface area (Å²) in [5, 5.41) is 10.9. The van der Waals surface area contributed by atoms with Crippen LogP contribution in [-0.4, -0.2) is 21.6 Å². The molecule has 3 aromatic rings. The number of nitrogens with one attached hydrogen (secondary N) is 2. The van der Waals surface area contributed by atoms with Crippen LogP contribution in [0.3, 0.4) is 0 Å². The third kappa shape index (κ3) is 3.65. The zero-order chi connectivity index (χ0) is 18.1. The number of anilines is 2. The van der Waals surface area contributed by atoms with Crippen molar-refractivity contribution in [1.82, 2.24) is 9.78 Å². The topological polar surface area (TPSA) is 76.0 Å². The minimum atomic E-state index is -0.209. The summed E-state index contributed by atoms with van der Waals surface area (Å²) in [6.07, 6.45) is 0. The molecule has 0 aliphatic rings. The molecule has 0 atom stereocenters. The minimum Gasteiger partial charge on any atom is -0.326 e. The van der Waals surface area contributed by atoms with Gasteiger partial charge in [0.15, 0.2) is 0 Å². The number of rotatable bonds is 3. The maximum absolute atomic E-state index is 12.6. The maximum atomic E-state index is 12.6. The molecule has 2 aromatic carbocycles. The van der Waals surface area contributed by atoms with Gasteiger partial charge in [-0.25, -0.2) is 0 Å². The van der Waals surface area contributed by atoms with Gasteiger partial charge in [-0.1, -0.05) is 6.07 Å². The third-order valence-electron chi connectivity index (χ3n) is 3.87. The Morgan fingerprint density at radius 3 is 2.60 bits per heavy atom. The molecule has 0 fully saturated rings. The molecule has 0 spiro atoms. The average Bonchev–Trinajstić information content (AvgIpc) is 2.84. The van der Waals surface area contributed by atoms with Gasteiger partial charge in [-0.15, -0.1) is 0 Å². The summed E-state index contributed by atoms with van der Waals surface area (Å²) < 4.78 is 2.64. The normalized spacial score (nSPS) is 10.7. The molecule has 3 rings (SSSR count). The number of amides is 2. The summed E-state index contributed by atoms with van der Waals surface area (Å²) in [4.78, 5) is 23.8. The van der Waals surface area contributed by atoms with Crippen LogP contribution >= 0.6 is 22.6 Å². The van der Waals surface area contributed by atoms with E-state index >= 15 is 0 Å². The van der Waals surface area contributed by atoms with E-state index < -0.39 is 0 Å². The molecule has 0 aliphatic carbocycles. The second kappa shape index (κ2) is 6.83. The Morgan fingerprint density at radius 1 is 1.12 bits per heavy atom. The summed E-state index contributed by atoms with van der Waals surface area (Å²) in [5.74, 6) is -0.359. The van der Waals surface area contributed by atoms with E-state index in [9.17, 15) is 9.59 Å². The number of carbonyl (C=O) groups is 2. The van der Waals surface area contributed by atoms with Gasteiger partial charge in [0, 0.05) is 36.3 Å². The average molecular weight is 448 g/mol. The van der Waals surface area contributed by atoms with E-state index in [1.165, 1.54) is 6.92 Å². The van der Waals surface area contributed by atoms with Gasteiger partial charge in [0.1, 0.15) is 3.70 Å². The summed E-state index contributed by atoms with van der Waals surface area (Å²) >= 11 is 2.16. The molecule has 0 unspecified atom stereocenters. The third-order valence-corrected chi connectivity index (χ3v) is 4.67. The van der Waals surface area contributed by atoms with Crippen LogP contribution < -0.4 is 10.6 Å². The van der Waals surface area contributed by atoms with Gasteiger partial charge in [-0.2, -0.15) is 5.10 Å². The van der Waals surface area contributed by atoms with E-state index in [0.29, 0.717) is 16.9 Å². The lowest BCUT2D eigenvalue weighted by atomic mass is 10.1. The van der Waals surface area contributed by atoms with Crippen molar-refractivity contribution in [3.63, 3.8) is 0 Å². The van der Waals surface area contributed by atoms with Crippen LogP contribution in [0, 0.1) is 10.6 Å². The molecule has 0 radical (unpaired) electrons. The smallest absolute Gasteiger partial charge is 0.255 e. The highest BCUT2D eigenvalue weighted by Crippen LogP contribution is 2.23. The van der Waals surface area contributed by atoms with Crippen LogP contribution in [0.5, 0.6) is 0 Å². The van der Waals surface area contributed by atoms with Gasteiger partial charge in [-0.3, -0.25) is 14.3 Å². The van der Waals surface area contributed by atoms with Gasteiger partial charge in [0.25, 0.3) is 5.91 Å². The molecule has 7 heteroatoms. The first-order chi connectivity index (χ1) is 11.8. The van der Waals surface area contributed by atoms with Gasteiger partial charge in [0.05, 0.1) is 5.52 Å². The molecule has 2 N–H and O–H groups in total. The van der Waals surface area contributed by atoms with Gasteiger partial charge in [0.2, 0.25) is 5.91 Å². The Bertz CT molecular complexity index is 994. The fourth-order valence-corrected chi connectivity index (χ4v) is 3.35. The monoisotopic (exact) mass is 448 g/mol. The Morgan fingerprint density at radius 2 is 1.88 bits per heavy atom. The Labute approximate surface area is 158 Å². The zero-order valence-corrected chi connectivity index (χ0v) is 16.2. The van der Waals surface area contributed by atoms with E-state index in [2.05, 4.69) is 38.3 Å². The van der Waals surface area contributed by atoms with E-state index in [0.717, 1.165) is 20.2 Å². The minimum absolute atomic E-state index is 0.150. The predicted molar refractivity (Wildman–Crippen MR) is 107 cm³/mol. The lowest BCUT2D eigenvalue weighted by Crippen LogP contribution is -2.13. The van der Waals surface area contributed by atoms with Crippen molar-refractivity contribution in [1.29, 1.82) is 0 Å². The first-order valence-electron chi connectivity index (χ1n) is 7.67. The van der Waals surface area contributed by atoms with E-state index in [1.54, 1.807) is 16.8 Å². The predicted octanol–water partition coefficient (Wildman–Crippen LogP) is 3.70. The molecule has 0 saturated heterocycles. The fraction of sp³-hybridized carbons (Fsp3) is 0.167. The zero-order valence-electron chi connectivity index (χ0n) is 14.1. The Kier molecular flexibility index (Phi) is 4.76. The highest BCUT2D eigenvalue weighted by molar-refractivity contribution is 14.1. The molecule has 0 saturated carbocycles. The summed E-state index contributed by atoms with van der Waals surface area (Å²) in [5.41, 5.74) is 3.77. The quantitative estimate of drug-likeness (QED) is 0.601. The van der Waals surface area contributed by atoms with Crippen molar-refractivity contribution in [2.75, 3.05) is 10.6 Å². The van der Waals surface area contributed by atoms with Crippen molar-refractivity contribution >= 4 is 56.7 Å². The molecule has 0 aliphatic heterocycles. The maximum Gasteiger partial charge on any atom is 0.255 e. The number of carbonyl (C=O) groups excluding carboxylic acids is 2. The summed E-state index contributed by atoms with van der Waals surface area (Å²) in [6.45, 7) is 3.35. The largest absolute Gasteiger partial charge is 0.326 e. The molecular formula is C18H17IN4O2. The van der Waals surface area contributed by atoms with Gasteiger partial charge < -0.3 is 10.6 Å². The van der Waals surface area contributed by atoms with Crippen molar-refractivity contribution in [2.24, 2.45) is 7.05 Å². The van der Waals surface area contributed by atoms with Crippen molar-refractivity contribution < 1.29 is 9.59 Å².